The summed E-state index contributed by atoms with van der Waals surface area (Å²) in [7, 11) is 0. The zero-order valence-electron chi connectivity index (χ0n) is 12.0. The van der Waals surface area contributed by atoms with Crippen molar-refractivity contribution in [3.63, 3.8) is 0 Å². The molecule has 20 heavy (non-hydrogen) atoms. The lowest BCUT2D eigenvalue weighted by atomic mass is 9.54. The Bertz CT molecular complexity index is 412. The molecule has 0 aromatic heterocycles. The van der Waals surface area contributed by atoms with Gasteiger partial charge in [-0.05, 0) is 32.1 Å². The summed E-state index contributed by atoms with van der Waals surface area (Å²) in [6.07, 6.45) is 0.906. The van der Waals surface area contributed by atoms with Crippen molar-refractivity contribution in [2.75, 3.05) is 6.61 Å². The number of carboxylic acids is 1. The number of rotatable bonds is 5. The van der Waals surface area contributed by atoms with E-state index >= 15 is 0 Å². The Hall–Kier alpha value is -1.14. The molecule has 0 aromatic rings. The van der Waals surface area contributed by atoms with Crippen LogP contribution >= 0.6 is 0 Å². The van der Waals surface area contributed by atoms with Crippen molar-refractivity contribution in [2.24, 2.45) is 5.41 Å². The van der Waals surface area contributed by atoms with Crippen LogP contribution in [0.5, 0.6) is 0 Å². The summed E-state index contributed by atoms with van der Waals surface area (Å²) >= 11 is 0. The van der Waals surface area contributed by atoms with Gasteiger partial charge in [-0.2, -0.15) is 0 Å². The molecule has 3 aliphatic carbocycles. The average molecular weight is 285 g/mol. The molecule has 0 aromatic carbocycles. The van der Waals surface area contributed by atoms with E-state index in [-0.39, 0.29) is 12.3 Å². The fourth-order valence-electron chi connectivity index (χ4n) is 3.67. The smallest absolute Gasteiger partial charge is 0.309 e. The fraction of sp³-hybridized carbons (Fsp3) is 0.857. The molecule has 0 heterocycles. The number of ether oxygens (including phenoxy) is 1. The lowest BCUT2D eigenvalue weighted by Gasteiger charge is -2.58. The number of aliphatic carboxylic acids is 1. The van der Waals surface area contributed by atoms with Crippen molar-refractivity contribution in [3.8, 4) is 0 Å². The Morgan fingerprint density at radius 3 is 2.55 bits per heavy atom. The standard InChI is InChI=1S/C14H23NO5/c1-3-6-20-11-8-13(12(18)19)4-5-14(11,10(17)7-13)15-9(2)16/h10-11,17H,3-8H2,1-2H3,(H,15,16)(H,18,19)/t10-,11+,13+,14+/m0/s1. The van der Waals surface area contributed by atoms with Crippen LogP contribution in [0.15, 0.2) is 0 Å². The van der Waals surface area contributed by atoms with Gasteiger partial charge in [0.05, 0.1) is 23.2 Å². The van der Waals surface area contributed by atoms with Crippen molar-refractivity contribution in [1.29, 1.82) is 0 Å². The Balaban J connectivity index is 2.30. The average Bonchev–Trinajstić information content (AvgIpc) is 2.37. The second-order valence-corrected chi connectivity index (χ2v) is 6.09. The fourth-order valence-corrected chi connectivity index (χ4v) is 3.67. The van der Waals surface area contributed by atoms with Crippen molar-refractivity contribution in [1.82, 2.24) is 5.32 Å². The molecule has 3 saturated carbocycles. The molecule has 0 aliphatic heterocycles. The number of amides is 1. The number of carbonyl (C=O) groups is 2. The number of hydrogen-bond donors (Lipinski definition) is 3. The minimum Gasteiger partial charge on any atom is -0.481 e. The van der Waals surface area contributed by atoms with Crippen LogP contribution in [0.4, 0.5) is 0 Å². The van der Waals surface area contributed by atoms with Gasteiger partial charge in [-0.25, -0.2) is 0 Å². The normalized spacial score (nSPS) is 39.5. The third kappa shape index (κ3) is 2.31. The largest absolute Gasteiger partial charge is 0.481 e. The maximum atomic E-state index is 11.6. The number of nitrogens with one attached hydrogen (secondary N) is 1. The number of carboxylic acid groups (broad SMARTS) is 1. The second-order valence-electron chi connectivity index (χ2n) is 6.09. The Morgan fingerprint density at radius 2 is 2.05 bits per heavy atom. The monoisotopic (exact) mass is 285 g/mol. The molecule has 3 fully saturated rings. The highest BCUT2D eigenvalue weighted by atomic mass is 16.5. The molecule has 6 heteroatoms. The summed E-state index contributed by atoms with van der Waals surface area (Å²) in [4.78, 5) is 23.0. The van der Waals surface area contributed by atoms with Crippen molar-refractivity contribution < 1.29 is 24.5 Å². The van der Waals surface area contributed by atoms with Crippen LogP contribution in [0.3, 0.4) is 0 Å². The first-order chi connectivity index (χ1) is 9.36. The van der Waals surface area contributed by atoms with E-state index in [1.54, 1.807) is 0 Å². The minimum absolute atomic E-state index is 0.175. The van der Waals surface area contributed by atoms with E-state index in [0.717, 1.165) is 6.42 Å². The third-order valence-electron chi connectivity index (χ3n) is 4.73. The van der Waals surface area contributed by atoms with E-state index in [1.165, 1.54) is 6.92 Å². The molecule has 0 unspecified atom stereocenters. The van der Waals surface area contributed by atoms with Crippen molar-refractivity contribution in [3.05, 3.63) is 0 Å². The number of hydrogen-bond acceptors (Lipinski definition) is 4. The highest BCUT2D eigenvalue weighted by molar-refractivity contribution is 5.77. The molecule has 114 valence electrons. The molecule has 0 radical (unpaired) electrons. The first-order valence-electron chi connectivity index (χ1n) is 7.18. The first kappa shape index (κ1) is 15.3. The van der Waals surface area contributed by atoms with Crippen LogP contribution < -0.4 is 5.32 Å². The Kier molecular flexibility index (Phi) is 4.07. The SMILES string of the molecule is CCCO[C@@H]1C[C@@]2(C(=O)O)CC[C@@]1(NC(C)=O)[C@@H](O)C2. The third-order valence-corrected chi connectivity index (χ3v) is 4.73. The lowest BCUT2D eigenvalue weighted by molar-refractivity contribution is -0.194. The van der Waals surface area contributed by atoms with Crippen LogP contribution in [0.1, 0.15) is 46.0 Å². The zero-order valence-corrected chi connectivity index (χ0v) is 12.0. The van der Waals surface area contributed by atoms with Gasteiger partial charge in [0.2, 0.25) is 5.91 Å². The number of aliphatic hydroxyl groups is 1. The number of aliphatic hydroxyl groups excluding tert-OH is 1. The summed E-state index contributed by atoms with van der Waals surface area (Å²) in [5, 5.41) is 22.8. The summed E-state index contributed by atoms with van der Waals surface area (Å²) in [5.41, 5.74) is -1.75. The van der Waals surface area contributed by atoms with Crippen LogP contribution in [0, 0.1) is 5.41 Å². The molecule has 4 atom stereocenters. The van der Waals surface area contributed by atoms with Crippen LogP contribution in [0.2, 0.25) is 0 Å². The van der Waals surface area contributed by atoms with Gasteiger partial charge in [-0.3, -0.25) is 9.59 Å². The quantitative estimate of drug-likeness (QED) is 0.690. The highest BCUT2D eigenvalue weighted by Gasteiger charge is 2.63. The lowest BCUT2D eigenvalue weighted by Crippen LogP contribution is -2.73. The van der Waals surface area contributed by atoms with E-state index in [1.807, 2.05) is 6.92 Å². The van der Waals surface area contributed by atoms with Gasteiger partial charge >= 0.3 is 5.97 Å². The summed E-state index contributed by atoms with van der Waals surface area (Å²) < 4.78 is 5.78. The van der Waals surface area contributed by atoms with Crippen molar-refractivity contribution in [2.45, 2.75) is 63.7 Å². The predicted molar refractivity (Wildman–Crippen MR) is 71.1 cm³/mol. The van der Waals surface area contributed by atoms with E-state index in [0.29, 0.717) is 25.9 Å². The molecule has 0 saturated heterocycles. The molecule has 3 N–H and O–H groups in total. The summed E-state index contributed by atoms with van der Waals surface area (Å²) in [5.74, 6) is -1.10. The number of carbonyl (C=O) groups excluding carboxylic acids is 1. The summed E-state index contributed by atoms with van der Waals surface area (Å²) in [6, 6.07) is 0. The Labute approximate surface area is 118 Å². The zero-order chi connectivity index (χ0) is 15.0. The predicted octanol–water partition coefficient (Wildman–Crippen LogP) is 0.676. The van der Waals surface area contributed by atoms with Crippen molar-refractivity contribution >= 4 is 11.9 Å². The van der Waals surface area contributed by atoms with Gasteiger partial charge in [0, 0.05) is 13.5 Å². The molecule has 1 amide bonds. The molecule has 2 bridgehead atoms. The van der Waals surface area contributed by atoms with E-state index < -0.39 is 29.1 Å². The van der Waals surface area contributed by atoms with Gasteiger partial charge in [0.15, 0.2) is 0 Å². The molecular formula is C14H23NO5. The Morgan fingerprint density at radius 1 is 1.35 bits per heavy atom. The van der Waals surface area contributed by atoms with Gasteiger partial charge < -0.3 is 20.3 Å². The molecule has 3 aliphatic rings. The second kappa shape index (κ2) is 5.33. The van der Waals surface area contributed by atoms with Gasteiger partial charge in [-0.15, -0.1) is 0 Å². The van der Waals surface area contributed by atoms with Crippen LogP contribution in [0.25, 0.3) is 0 Å². The number of fused-ring (bicyclic) bond motifs is 3. The molecule has 0 spiro atoms. The van der Waals surface area contributed by atoms with E-state index in [2.05, 4.69) is 5.32 Å². The van der Waals surface area contributed by atoms with E-state index in [9.17, 15) is 19.8 Å². The molecule has 6 nitrogen and oxygen atoms in total. The maximum absolute atomic E-state index is 11.6. The van der Waals surface area contributed by atoms with Crippen LogP contribution in [-0.2, 0) is 14.3 Å². The van der Waals surface area contributed by atoms with Crippen LogP contribution in [-0.4, -0.2) is 46.4 Å². The topological polar surface area (TPSA) is 95.9 Å². The molecule has 3 rings (SSSR count). The minimum atomic E-state index is -0.919. The van der Waals surface area contributed by atoms with E-state index in [4.69, 9.17) is 4.74 Å². The first-order valence-corrected chi connectivity index (χ1v) is 7.18. The maximum Gasteiger partial charge on any atom is 0.309 e. The molecular weight excluding hydrogens is 262 g/mol. The van der Waals surface area contributed by atoms with Gasteiger partial charge in [-0.1, -0.05) is 6.92 Å². The highest BCUT2D eigenvalue weighted by Crippen LogP contribution is 2.53. The van der Waals surface area contributed by atoms with Gasteiger partial charge in [0.25, 0.3) is 0 Å². The summed E-state index contributed by atoms with van der Waals surface area (Å²) in [6.45, 7) is 3.87. The van der Waals surface area contributed by atoms with Gasteiger partial charge in [0.1, 0.15) is 0 Å².